The van der Waals surface area contributed by atoms with E-state index in [1.165, 1.54) is 6.42 Å². The normalized spacial score (nSPS) is 28.4. The number of carbonyl (C=O) groups excluding carboxylic acids is 2. The van der Waals surface area contributed by atoms with Gasteiger partial charge in [0, 0.05) is 29.8 Å². The number of nitrogens with zero attached hydrogens (tertiary/aromatic N) is 1. The van der Waals surface area contributed by atoms with Crippen molar-refractivity contribution in [3.05, 3.63) is 29.3 Å². The van der Waals surface area contributed by atoms with Crippen LogP contribution in [0.15, 0.2) is 24.3 Å². The Morgan fingerprint density at radius 3 is 2.60 bits per heavy atom. The number of benzene rings is 1. The van der Waals surface area contributed by atoms with Crippen LogP contribution in [0.5, 0.6) is 0 Å². The third kappa shape index (κ3) is 3.60. The van der Waals surface area contributed by atoms with Crippen molar-refractivity contribution in [2.75, 3.05) is 18.4 Å². The van der Waals surface area contributed by atoms with Gasteiger partial charge in [-0.1, -0.05) is 11.6 Å². The summed E-state index contributed by atoms with van der Waals surface area (Å²) in [6, 6.07) is 7.17. The summed E-state index contributed by atoms with van der Waals surface area (Å²) in [4.78, 5) is 26.7. The number of carbonyl (C=O) groups is 2. The van der Waals surface area contributed by atoms with E-state index in [2.05, 4.69) is 10.6 Å². The van der Waals surface area contributed by atoms with Gasteiger partial charge in [-0.2, -0.15) is 0 Å². The monoisotopic (exact) mass is 363 g/mol. The number of fused-ring (bicyclic) bond motifs is 2. The van der Waals surface area contributed by atoms with Gasteiger partial charge < -0.3 is 20.3 Å². The highest BCUT2D eigenvalue weighted by atomic mass is 35.5. The first-order valence-electron chi connectivity index (χ1n) is 8.86. The Labute approximate surface area is 151 Å². The predicted molar refractivity (Wildman–Crippen MR) is 94.6 cm³/mol. The number of nitrogens with one attached hydrogen (secondary N) is 2. The number of ether oxygens (including phenoxy) is 1. The van der Waals surface area contributed by atoms with Crippen LogP contribution in [-0.2, 0) is 9.53 Å². The van der Waals surface area contributed by atoms with Crippen LogP contribution in [0.3, 0.4) is 0 Å². The average Bonchev–Trinajstić information content (AvgIpc) is 2.87. The molecule has 7 heteroatoms. The third-order valence-electron chi connectivity index (χ3n) is 5.33. The molecule has 1 aliphatic carbocycles. The second-order valence-electron chi connectivity index (χ2n) is 7.12. The van der Waals surface area contributed by atoms with Crippen LogP contribution in [0.4, 0.5) is 10.5 Å². The van der Waals surface area contributed by atoms with Gasteiger partial charge in [-0.25, -0.2) is 4.79 Å². The minimum atomic E-state index is -0.213. The summed E-state index contributed by atoms with van der Waals surface area (Å²) in [5.74, 6) is -0.0731. The van der Waals surface area contributed by atoms with Gasteiger partial charge in [0.25, 0.3) is 0 Å². The van der Waals surface area contributed by atoms with Crippen molar-refractivity contribution in [2.45, 2.75) is 43.9 Å². The summed E-state index contributed by atoms with van der Waals surface area (Å²) in [6.45, 7) is 0.960. The molecule has 0 spiro atoms. The van der Waals surface area contributed by atoms with Gasteiger partial charge in [-0.05, 0) is 49.9 Å². The van der Waals surface area contributed by atoms with E-state index < -0.39 is 0 Å². The summed E-state index contributed by atoms with van der Waals surface area (Å²) in [5.41, 5.74) is 0.701. The summed E-state index contributed by atoms with van der Waals surface area (Å²) in [5, 5.41) is 6.61. The first-order chi connectivity index (χ1) is 12.1. The molecule has 1 aromatic carbocycles. The van der Waals surface area contributed by atoms with Gasteiger partial charge in [0.05, 0.1) is 18.1 Å². The molecule has 2 bridgehead atoms. The molecule has 0 unspecified atom stereocenters. The fourth-order valence-corrected chi connectivity index (χ4v) is 3.82. The van der Waals surface area contributed by atoms with E-state index in [4.69, 9.17) is 16.3 Å². The molecule has 3 amide bonds. The zero-order valence-electron chi connectivity index (χ0n) is 13.9. The predicted octanol–water partition coefficient (Wildman–Crippen LogP) is 2.63. The van der Waals surface area contributed by atoms with E-state index >= 15 is 0 Å². The minimum Gasteiger partial charge on any atom is -0.370 e. The van der Waals surface area contributed by atoms with Gasteiger partial charge in [0.1, 0.15) is 0 Å². The quantitative estimate of drug-likeness (QED) is 0.867. The largest absolute Gasteiger partial charge is 0.370 e. The molecule has 3 atom stereocenters. The maximum absolute atomic E-state index is 12.5. The molecular formula is C18H22ClN3O3. The molecule has 0 aromatic heterocycles. The second-order valence-corrected chi connectivity index (χ2v) is 7.55. The van der Waals surface area contributed by atoms with Crippen molar-refractivity contribution < 1.29 is 14.3 Å². The number of halogens is 1. The smallest absolute Gasteiger partial charge is 0.322 e. The van der Waals surface area contributed by atoms with Crippen molar-refractivity contribution in [3.63, 3.8) is 0 Å². The first kappa shape index (κ1) is 16.7. The molecule has 1 aromatic rings. The minimum absolute atomic E-state index is 0.0631. The lowest BCUT2D eigenvalue weighted by atomic mass is 9.91. The number of anilines is 1. The zero-order valence-corrected chi connectivity index (χ0v) is 14.7. The molecule has 0 radical (unpaired) electrons. The molecule has 3 aliphatic rings. The Kier molecular flexibility index (Phi) is 4.56. The Morgan fingerprint density at radius 1 is 1.16 bits per heavy atom. The van der Waals surface area contributed by atoms with Gasteiger partial charge >= 0.3 is 6.03 Å². The Bertz CT molecular complexity index is 662. The number of morpholine rings is 1. The second kappa shape index (κ2) is 6.84. The Hall–Kier alpha value is -1.79. The summed E-state index contributed by atoms with van der Waals surface area (Å²) in [7, 11) is 0. The molecule has 2 N–H and O–H groups in total. The average molecular weight is 364 g/mol. The van der Waals surface area contributed by atoms with Gasteiger partial charge in [0.15, 0.2) is 0 Å². The van der Waals surface area contributed by atoms with E-state index in [0.717, 1.165) is 12.8 Å². The third-order valence-corrected chi connectivity index (χ3v) is 5.58. The van der Waals surface area contributed by atoms with Crippen molar-refractivity contribution in [1.29, 1.82) is 0 Å². The molecule has 1 saturated carbocycles. The van der Waals surface area contributed by atoms with Crippen LogP contribution in [0.2, 0.25) is 5.02 Å². The Morgan fingerprint density at radius 2 is 1.92 bits per heavy atom. The highest BCUT2D eigenvalue weighted by molar-refractivity contribution is 6.30. The standard InChI is InChI=1S/C18H22ClN3O3/c19-11-4-6-13(7-5-11)21-18(24)22-9-14-8-15(16(10-22)25-14)17(23)20-12-2-1-3-12/h4-7,12,14-16H,1-3,8-10H2,(H,20,23)(H,21,24)/t14-,15+,16-/m0/s1. The lowest BCUT2D eigenvalue weighted by Crippen LogP contribution is -2.50. The van der Waals surface area contributed by atoms with Crippen LogP contribution in [0.1, 0.15) is 25.7 Å². The zero-order chi connectivity index (χ0) is 17.4. The summed E-state index contributed by atoms with van der Waals surface area (Å²) < 4.78 is 5.91. The van der Waals surface area contributed by atoms with Crippen LogP contribution < -0.4 is 10.6 Å². The fourth-order valence-electron chi connectivity index (χ4n) is 3.70. The fraction of sp³-hybridized carbons (Fsp3) is 0.556. The number of hydrogen-bond acceptors (Lipinski definition) is 3. The number of hydrogen-bond donors (Lipinski definition) is 2. The van der Waals surface area contributed by atoms with Crippen LogP contribution in [-0.4, -0.2) is 48.2 Å². The van der Waals surface area contributed by atoms with Crippen molar-refractivity contribution in [1.82, 2.24) is 10.2 Å². The van der Waals surface area contributed by atoms with Crippen molar-refractivity contribution in [3.8, 4) is 0 Å². The topological polar surface area (TPSA) is 70.7 Å². The lowest BCUT2D eigenvalue weighted by molar-refractivity contribution is -0.128. The van der Waals surface area contributed by atoms with E-state index in [0.29, 0.717) is 36.3 Å². The van der Waals surface area contributed by atoms with E-state index in [-0.39, 0.29) is 30.1 Å². The van der Waals surface area contributed by atoms with Gasteiger partial charge in [-0.15, -0.1) is 0 Å². The highest BCUT2D eigenvalue weighted by Gasteiger charge is 2.46. The number of likely N-dealkylation sites (tertiary alicyclic amines) is 1. The Balaban J connectivity index is 1.35. The molecular weight excluding hydrogens is 342 g/mol. The van der Waals surface area contributed by atoms with Gasteiger partial charge in [0.2, 0.25) is 5.91 Å². The number of rotatable bonds is 3. The van der Waals surface area contributed by atoms with Gasteiger partial charge in [-0.3, -0.25) is 4.79 Å². The van der Waals surface area contributed by atoms with E-state index in [1.54, 1.807) is 29.2 Å². The molecule has 2 saturated heterocycles. The van der Waals surface area contributed by atoms with E-state index in [1.807, 2.05) is 0 Å². The molecule has 25 heavy (non-hydrogen) atoms. The SMILES string of the molecule is O=C(NC1CCC1)[C@@H]1C[C@H]2CN(C(=O)Nc3ccc(Cl)cc3)C[C@@H]1O2. The maximum Gasteiger partial charge on any atom is 0.322 e. The molecule has 6 nitrogen and oxygen atoms in total. The van der Waals surface area contributed by atoms with Crippen LogP contribution in [0.25, 0.3) is 0 Å². The summed E-state index contributed by atoms with van der Waals surface area (Å²) in [6.07, 6.45) is 3.75. The molecule has 4 rings (SSSR count). The summed E-state index contributed by atoms with van der Waals surface area (Å²) >= 11 is 5.86. The van der Waals surface area contributed by atoms with Crippen LogP contribution in [0, 0.1) is 5.92 Å². The lowest BCUT2D eigenvalue weighted by Gasteiger charge is -2.33. The van der Waals surface area contributed by atoms with E-state index in [9.17, 15) is 9.59 Å². The molecule has 134 valence electrons. The molecule has 2 aliphatic heterocycles. The highest BCUT2D eigenvalue weighted by Crippen LogP contribution is 2.33. The van der Waals surface area contributed by atoms with Crippen LogP contribution >= 0.6 is 11.6 Å². The number of amides is 3. The van der Waals surface area contributed by atoms with Crippen molar-refractivity contribution in [2.24, 2.45) is 5.92 Å². The number of urea groups is 1. The maximum atomic E-state index is 12.5. The molecule has 2 heterocycles. The molecule has 3 fully saturated rings. The first-order valence-corrected chi connectivity index (χ1v) is 9.23. The van der Waals surface area contributed by atoms with Crippen molar-refractivity contribution >= 4 is 29.2 Å².